The Morgan fingerprint density at radius 3 is 2.70 bits per heavy atom. The van der Waals surface area contributed by atoms with Gasteiger partial charge in [-0.3, -0.25) is 9.78 Å². The first-order chi connectivity index (χ1) is 9.57. The standard InChI is InChI=1S/C13H17N3O4/c1-20-11(17)9-6-14-7-10(16-9)15-8-13(12(18)19)4-2-3-5-13/h6-7H,2-5,8H2,1H3,(H,15,16)(H,18,19). The van der Waals surface area contributed by atoms with Crippen LogP contribution in [-0.4, -0.2) is 40.7 Å². The number of carboxylic acid groups (broad SMARTS) is 1. The Kier molecular flexibility index (Phi) is 4.16. The summed E-state index contributed by atoms with van der Waals surface area (Å²) in [4.78, 5) is 30.7. The Labute approximate surface area is 116 Å². The SMILES string of the molecule is COC(=O)c1cncc(NCC2(C(=O)O)CCCC2)n1. The molecule has 0 bridgehead atoms. The van der Waals surface area contributed by atoms with Crippen LogP contribution < -0.4 is 5.32 Å². The lowest BCUT2D eigenvalue weighted by Gasteiger charge is -2.24. The summed E-state index contributed by atoms with van der Waals surface area (Å²) in [5.74, 6) is -0.991. The summed E-state index contributed by atoms with van der Waals surface area (Å²) < 4.78 is 4.56. The molecule has 1 aromatic heterocycles. The molecule has 0 aromatic carbocycles. The molecular formula is C13H17N3O4. The monoisotopic (exact) mass is 279 g/mol. The predicted octanol–water partition coefficient (Wildman–Crippen LogP) is 1.32. The zero-order chi connectivity index (χ0) is 14.6. The molecule has 0 amide bonds. The van der Waals surface area contributed by atoms with Crippen LogP contribution in [0.4, 0.5) is 5.82 Å². The van der Waals surface area contributed by atoms with E-state index in [4.69, 9.17) is 0 Å². The van der Waals surface area contributed by atoms with Crippen LogP contribution in [0.2, 0.25) is 0 Å². The topological polar surface area (TPSA) is 101 Å². The minimum atomic E-state index is -0.792. The van der Waals surface area contributed by atoms with Gasteiger partial charge in [-0.05, 0) is 12.8 Å². The highest BCUT2D eigenvalue weighted by Gasteiger charge is 2.41. The van der Waals surface area contributed by atoms with Crippen LogP contribution in [0.15, 0.2) is 12.4 Å². The molecular weight excluding hydrogens is 262 g/mol. The first-order valence-corrected chi connectivity index (χ1v) is 6.45. The molecule has 1 aliphatic carbocycles. The van der Waals surface area contributed by atoms with Gasteiger partial charge in [0.2, 0.25) is 0 Å². The zero-order valence-electron chi connectivity index (χ0n) is 11.3. The number of nitrogens with one attached hydrogen (secondary N) is 1. The van der Waals surface area contributed by atoms with Crippen molar-refractivity contribution in [3.05, 3.63) is 18.1 Å². The van der Waals surface area contributed by atoms with E-state index in [2.05, 4.69) is 20.0 Å². The summed E-state index contributed by atoms with van der Waals surface area (Å²) in [6.45, 7) is 0.279. The van der Waals surface area contributed by atoms with Gasteiger partial charge >= 0.3 is 11.9 Å². The van der Waals surface area contributed by atoms with Gasteiger partial charge < -0.3 is 15.2 Å². The molecule has 0 aliphatic heterocycles. The number of nitrogens with zero attached hydrogens (tertiary/aromatic N) is 2. The molecule has 108 valence electrons. The van der Waals surface area contributed by atoms with E-state index >= 15 is 0 Å². The number of carboxylic acids is 1. The Morgan fingerprint density at radius 2 is 2.10 bits per heavy atom. The molecule has 2 N–H and O–H groups in total. The highest BCUT2D eigenvalue weighted by molar-refractivity contribution is 5.87. The number of ether oxygens (including phenoxy) is 1. The van der Waals surface area contributed by atoms with Gasteiger partial charge in [-0.25, -0.2) is 9.78 Å². The zero-order valence-corrected chi connectivity index (χ0v) is 11.3. The fourth-order valence-corrected chi connectivity index (χ4v) is 2.43. The summed E-state index contributed by atoms with van der Waals surface area (Å²) in [5, 5.41) is 12.3. The van der Waals surface area contributed by atoms with E-state index in [1.165, 1.54) is 19.5 Å². The van der Waals surface area contributed by atoms with Gasteiger partial charge in [0.05, 0.1) is 24.9 Å². The van der Waals surface area contributed by atoms with Crippen LogP contribution in [0.1, 0.15) is 36.2 Å². The molecule has 1 saturated carbocycles. The van der Waals surface area contributed by atoms with Crippen LogP contribution in [0, 0.1) is 5.41 Å². The van der Waals surface area contributed by atoms with E-state index in [1.807, 2.05) is 0 Å². The maximum atomic E-state index is 11.4. The fraction of sp³-hybridized carbons (Fsp3) is 0.538. The highest BCUT2D eigenvalue weighted by atomic mass is 16.5. The number of hydrogen-bond acceptors (Lipinski definition) is 6. The van der Waals surface area contributed by atoms with Crippen molar-refractivity contribution in [2.45, 2.75) is 25.7 Å². The first-order valence-electron chi connectivity index (χ1n) is 6.45. The molecule has 0 radical (unpaired) electrons. The normalized spacial score (nSPS) is 16.6. The minimum absolute atomic E-state index is 0.0910. The van der Waals surface area contributed by atoms with Crippen molar-refractivity contribution in [2.75, 3.05) is 19.0 Å². The predicted molar refractivity (Wildman–Crippen MR) is 70.4 cm³/mol. The molecule has 0 spiro atoms. The first kappa shape index (κ1) is 14.2. The van der Waals surface area contributed by atoms with Gasteiger partial charge in [0, 0.05) is 6.54 Å². The van der Waals surface area contributed by atoms with Gasteiger partial charge in [0.15, 0.2) is 5.69 Å². The van der Waals surface area contributed by atoms with Crippen LogP contribution in [-0.2, 0) is 9.53 Å². The Morgan fingerprint density at radius 1 is 1.40 bits per heavy atom. The van der Waals surface area contributed by atoms with E-state index in [1.54, 1.807) is 0 Å². The van der Waals surface area contributed by atoms with E-state index in [0.717, 1.165) is 12.8 Å². The van der Waals surface area contributed by atoms with E-state index in [0.29, 0.717) is 18.7 Å². The number of aliphatic carboxylic acids is 1. The van der Waals surface area contributed by atoms with Crippen molar-refractivity contribution in [1.29, 1.82) is 0 Å². The lowest BCUT2D eigenvalue weighted by molar-refractivity contribution is -0.147. The van der Waals surface area contributed by atoms with Gasteiger partial charge in [-0.1, -0.05) is 12.8 Å². The van der Waals surface area contributed by atoms with Crippen LogP contribution in [0.3, 0.4) is 0 Å². The van der Waals surface area contributed by atoms with Gasteiger partial charge in [-0.15, -0.1) is 0 Å². The average molecular weight is 279 g/mol. The van der Waals surface area contributed by atoms with Crippen LogP contribution >= 0.6 is 0 Å². The van der Waals surface area contributed by atoms with Crippen molar-refractivity contribution < 1.29 is 19.4 Å². The summed E-state index contributed by atoms with van der Waals surface area (Å²) in [6.07, 6.45) is 5.90. The molecule has 1 fully saturated rings. The Hall–Kier alpha value is -2.18. The van der Waals surface area contributed by atoms with Gasteiger partial charge in [0.25, 0.3) is 0 Å². The molecule has 20 heavy (non-hydrogen) atoms. The molecule has 1 aliphatic rings. The molecule has 1 aromatic rings. The van der Waals surface area contributed by atoms with Crippen molar-refractivity contribution in [2.24, 2.45) is 5.41 Å². The van der Waals surface area contributed by atoms with Crippen molar-refractivity contribution in [3.63, 3.8) is 0 Å². The summed E-state index contributed by atoms with van der Waals surface area (Å²) >= 11 is 0. The summed E-state index contributed by atoms with van der Waals surface area (Å²) in [6, 6.07) is 0. The lowest BCUT2D eigenvalue weighted by Crippen LogP contribution is -2.35. The number of methoxy groups -OCH3 is 1. The second-order valence-electron chi connectivity index (χ2n) is 4.93. The van der Waals surface area contributed by atoms with E-state index in [-0.39, 0.29) is 12.2 Å². The summed E-state index contributed by atoms with van der Waals surface area (Å²) in [5.41, 5.74) is -0.656. The largest absolute Gasteiger partial charge is 0.481 e. The highest BCUT2D eigenvalue weighted by Crippen LogP contribution is 2.38. The van der Waals surface area contributed by atoms with Crippen molar-refractivity contribution in [1.82, 2.24) is 9.97 Å². The van der Waals surface area contributed by atoms with Crippen LogP contribution in [0.25, 0.3) is 0 Å². The molecule has 7 heteroatoms. The molecule has 0 atom stereocenters. The maximum Gasteiger partial charge on any atom is 0.358 e. The maximum absolute atomic E-state index is 11.4. The Balaban J connectivity index is 2.07. The number of hydrogen-bond donors (Lipinski definition) is 2. The van der Waals surface area contributed by atoms with Crippen molar-refractivity contribution >= 4 is 17.8 Å². The lowest BCUT2D eigenvalue weighted by atomic mass is 9.86. The smallest absolute Gasteiger partial charge is 0.358 e. The third kappa shape index (κ3) is 2.87. The van der Waals surface area contributed by atoms with E-state index < -0.39 is 17.4 Å². The van der Waals surface area contributed by atoms with Crippen LogP contribution in [0.5, 0.6) is 0 Å². The average Bonchev–Trinajstić information content (AvgIpc) is 2.95. The summed E-state index contributed by atoms with van der Waals surface area (Å²) in [7, 11) is 1.27. The third-order valence-corrected chi connectivity index (χ3v) is 3.65. The number of aromatic nitrogens is 2. The number of esters is 1. The molecule has 2 rings (SSSR count). The second kappa shape index (κ2) is 5.85. The van der Waals surface area contributed by atoms with E-state index in [9.17, 15) is 14.7 Å². The molecule has 0 unspecified atom stereocenters. The molecule has 7 nitrogen and oxygen atoms in total. The third-order valence-electron chi connectivity index (χ3n) is 3.65. The Bertz CT molecular complexity index is 512. The van der Waals surface area contributed by atoms with Gasteiger partial charge in [-0.2, -0.15) is 0 Å². The number of rotatable bonds is 5. The number of anilines is 1. The fourth-order valence-electron chi connectivity index (χ4n) is 2.43. The number of carbonyl (C=O) groups excluding carboxylic acids is 1. The molecule has 0 saturated heterocycles. The number of carbonyl (C=O) groups is 2. The quantitative estimate of drug-likeness (QED) is 0.784. The molecule has 1 heterocycles. The second-order valence-corrected chi connectivity index (χ2v) is 4.93. The van der Waals surface area contributed by atoms with Crippen molar-refractivity contribution in [3.8, 4) is 0 Å². The van der Waals surface area contributed by atoms with Gasteiger partial charge in [0.1, 0.15) is 5.82 Å². The minimum Gasteiger partial charge on any atom is -0.481 e.